The average Bonchev–Trinajstić information content (AvgIpc) is 3.37. The maximum Gasteiger partial charge on any atom is 0.220 e. The largest absolute Gasteiger partial charge is 0.383 e. The summed E-state index contributed by atoms with van der Waals surface area (Å²) in [7, 11) is 1.93. The van der Waals surface area contributed by atoms with Crippen LogP contribution in [0, 0.1) is 0 Å². The van der Waals surface area contributed by atoms with Gasteiger partial charge in [-0.1, -0.05) is 54.1 Å². The number of rotatable bonds is 6. The fourth-order valence-corrected chi connectivity index (χ4v) is 4.41. The van der Waals surface area contributed by atoms with Crippen LogP contribution in [0.4, 0.5) is 17.2 Å². The van der Waals surface area contributed by atoms with E-state index in [0.717, 1.165) is 45.6 Å². The topological polar surface area (TPSA) is 71.0 Å². The highest BCUT2D eigenvalue weighted by Gasteiger charge is 2.20. The predicted molar refractivity (Wildman–Crippen MR) is 131 cm³/mol. The lowest BCUT2D eigenvalue weighted by Crippen LogP contribution is -2.31. The van der Waals surface area contributed by atoms with Crippen molar-refractivity contribution < 1.29 is 4.79 Å². The van der Waals surface area contributed by atoms with E-state index < -0.39 is 0 Å². The Bertz CT molecular complexity index is 1280. The maximum absolute atomic E-state index is 11.4. The fraction of sp³-hybridized carbons (Fsp3) is 0.200. The van der Waals surface area contributed by atoms with E-state index in [9.17, 15) is 4.79 Å². The molecule has 1 fully saturated rings. The van der Waals surface area contributed by atoms with Crippen molar-refractivity contribution in [2.24, 2.45) is 7.05 Å². The number of aromatic nitrogens is 2. The number of hydrogen-bond donors (Lipinski definition) is 3. The molecule has 5 rings (SSSR count). The Morgan fingerprint density at radius 3 is 2.75 bits per heavy atom. The molecule has 1 aromatic heterocycles. The summed E-state index contributed by atoms with van der Waals surface area (Å²) in [6, 6.07) is 22.4. The highest BCUT2D eigenvalue weighted by Crippen LogP contribution is 2.36. The number of carbonyl (C=O) groups is 1. The molecule has 162 valence electrons. The number of benzene rings is 3. The molecule has 1 aliphatic heterocycles. The lowest BCUT2D eigenvalue weighted by atomic mass is 10.1. The molecule has 2 heterocycles. The van der Waals surface area contributed by atoms with E-state index in [0.29, 0.717) is 18.0 Å². The van der Waals surface area contributed by atoms with Crippen LogP contribution in [0.3, 0.4) is 0 Å². The summed E-state index contributed by atoms with van der Waals surface area (Å²) >= 11 is 6.75. The van der Waals surface area contributed by atoms with Gasteiger partial charge in [-0.3, -0.25) is 9.48 Å². The van der Waals surface area contributed by atoms with E-state index in [4.69, 9.17) is 11.6 Å². The number of aryl methyl sites for hydroxylation is 1. The van der Waals surface area contributed by atoms with Gasteiger partial charge >= 0.3 is 0 Å². The molecular formula is C25H24ClN5O. The van der Waals surface area contributed by atoms with Crippen molar-refractivity contribution in [2.75, 3.05) is 17.2 Å². The summed E-state index contributed by atoms with van der Waals surface area (Å²) < 4.78 is 1.86. The Morgan fingerprint density at radius 1 is 1.12 bits per heavy atom. The third-order valence-corrected chi connectivity index (χ3v) is 6.23. The molecule has 7 heteroatoms. The van der Waals surface area contributed by atoms with Crippen LogP contribution in [0.15, 0.2) is 66.7 Å². The number of amides is 1. The van der Waals surface area contributed by atoms with E-state index in [1.807, 2.05) is 66.3 Å². The molecule has 0 bridgehead atoms. The number of nitrogens with zero attached hydrogens (tertiary/aromatic N) is 2. The van der Waals surface area contributed by atoms with Gasteiger partial charge in [-0.25, -0.2) is 0 Å². The van der Waals surface area contributed by atoms with Crippen LogP contribution in [-0.2, 0) is 11.8 Å². The molecule has 0 aliphatic carbocycles. The van der Waals surface area contributed by atoms with Gasteiger partial charge in [-0.05, 0) is 36.2 Å². The number of anilines is 3. The highest BCUT2D eigenvalue weighted by molar-refractivity contribution is 6.36. The lowest BCUT2D eigenvalue weighted by Gasteiger charge is -2.13. The number of nitrogens with one attached hydrogen (secondary N) is 3. The van der Waals surface area contributed by atoms with Crippen LogP contribution in [-0.4, -0.2) is 28.3 Å². The summed E-state index contributed by atoms with van der Waals surface area (Å²) in [5, 5.41) is 16.2. The van der Waals surface area contributed by atoms with Gasteiger partial charge in [0, 0.05) is 42.7 Å². The van der Waals surface area contributed by atoms with Crippen molar-refractivity contribution in [3.8, 4) is 11.1 Å². The van der Waals surface area contributed by atoms with Crippen LogP contribution in [0.25, 0.3) is 22.0 Å². The third-order valence-electron chi connectivity index (χ3n) is 5.83. The Hall–Kier alpha value is -3.51. The van der Waals surface area contributed by atoms with Gasteiger partial charge in [0.05, 0.1) is 16.2 Å². The van der Waals surface area contributed by atoms with Crippen molar-refractivity contribution in [3.05, 3.63) is 71.8 Å². The quantitative estimate of drug-likeness (QED) is 0.375. The van der Waals surface area contributed by atoms with Gasteiger partial charge in [-0.15, -0.1) is 0 Å². The van der Waals surface area contributed by atoms with E-state index >= 15 is 0 Å². The van der Waals surface area contributed by atoms with Gasteiger partial charge in [0.25, 0.3) is 0 Å². The Kier molecular flexibility index (Phi) is 5.45. The van der Waals surface area contributed by atoms with Gasteiger partial charge in [0.1, 0.15) is 0 Å². The molecule has 1 aliphatic rings. The first-order valence-electron chi connectivity index (χ1n) is 10.7. The standard InChI is InChI=1S/C25H24ClN5O/c1-31-22-14-17(27-15-18-11-13-23(32)28-18)10-12-20(22)25(30-31)29-21-9-5-8-19(24(21)26)16-6-3-2-4-7-16/h2-10,12,14,18,27H,11,13,15H2,1H3,(H,28,32)(H,29,30). The monoisotopic (exact) mass is 445 g/mol. The Balaban J connectivity index is 1.39. The van der Waals surface area contributed by atoms with Gasteiger partial charge < -0.3 is 16.0 Å². The van der Waals surface area contributed by atoms with Crippen LogP contribution in [0.5, 0.6) is 0 Å². The summed E-state index contributed by atoms with van der Waals surface area (Å²) in [6.45, 7) is 0.710. The van der Waals surface area contributed by atoms with Gasteiger partial charge in [0.2, 0.25) is 5.91 Å². The second-order valence-corrected chi connectivity index (χ2v) is 8.42. The molecule has 4 aromatic rings. The highest BCUT2D eigenvalue weighted by atomic mass is 35.5. The minimum absolute atomic E-state index is 0.129. The third kappa shape index (κ3) is 4.01. The summed E-state index contributed by atoms with van der Waals surface area (Å²) in [5.74, 6) is 0.883. The van der Waals surface area contributed by atoms with E-state index in [-0.39, 0.29) is 11.9 Å². The molecule has 1 saturated heterocycles. The Morgan fingerprint density at radius 2 is 1.97 bits per heavy atom. The van der Waals surface area contributed by atoms with Crippen LogP contribution in [0.2, 0.25) is 5.02 Å². The van der Waals surface area contributed by atoms with E-state index in [1.54, 1.807) is 0 Å². The zero-order valence-electron chi connectivity index (χ0n) is 17.7. The first-order valence-corrected chi connectivity index (χ1v) is 11.1. The van der Waals surface area contributed by atoms with Gasteiger partial charge in [-0.2, -0.15) is 5.10 Å². The maximum atomic E-state index is 11.4. The van der Waals surface area contributed by atoms with Crippen molar-refractivity contribution in [1.82, 2.24) is 15.1 Å². The normalized spacial score (nSPS) is 15.7. The molecule has 0 saturated carbocycles. The zero-order valence-corrected chi connectivity index (χ0v) is 18.5. The number of halogens is 1. The number of hydrogen-bond acceptors (Lipinski definition) is 4. The minimum Gasteiger partial charge on any atom is -0.383 e. The molecule has 0 spiro atoms. The number of fused-ring (bicyclic) bond motifs is 1. The van der Waals surface area contributed by atoms with E-state index in [1.165, 1.54) is 0 Å². The molecular weight excluding hydrogens is 422 g/mol. The molecule has 3 N–H and O–H groups in total. The SMILES string of the molecule is Cn1nc(Nc2cccc(-c3ccccc3)c2Cl)c2ccc(NCC3CCC(=O)N3)cc21. The molecule has 3 aromatic carbocycles. The Labute approximate surface area is 191 Å². The molecule has 1 amide bonds. The van der Waals surface area contributed by atoms with E-state index in [2.05, 4.69) is 33.2 Å². The lowest BCUT2D eigenvalue weighted by molar-refractivity contribution is -0.119. The zero-order chi connectivity index (χ0) is 22.1. The summed E-state index contributed by atoms with van der Waals surface area (Å²) in [5.41, 5.74) is 4.86. The second-order valence-electron chi connectivity index (χ2n) is 8.05. The molecule has 32 heavy (non-hydrogen) atoms. The molecule has 1 atom stereocenters. The average molecular weight is 446 g/mol. The minimum atomic E-state index is 0.129. The first-order chi connectivity index (χ1) is 15.6. The van der Waals surface area contributed by atoms with Crippen LogP contribution < -0.4 is 16.0 Å². The molecule has 1 unspecified atom stereocenters. The van der Waals surface area contributed by atoms with Gasteiger partial charge in [0.15, 0.2) is 5.82 Å². The second kappa shape index (κ2) is 8.55. The van der Waals surface area contributed by atoms with Crippen molar-refractivity contribution in [3.63, 3.8) is 0 Å². The van der Waals surface area contributed by atoms with Crippen molar-refractivity contribution in [2.45, 2.75) is 18.9 Å². The number of carbonyl (C=O) groups excluding carboxylic acids is 1. The molecule has 0 radical (unpaired) electrons. The van der Waals surface area contributed by atoms with Crippen LogP contribution >= 0.6 is 11.6 Å². The van der Waals surface area contributed by atoms with Crippen molar-refractivity contribution in [1.29, 1.82) is 0 Å². The first kappa shape index (κ1) is 20.4. The smallest absolute Gasteiger partial charge is 0.220 e. The van der Waals surface area contributed by atoms with Crippen molar-refractivity contribution >= 4 is 45.6 Å². The predicted octanol–water partition coefficient (Wildman–Crippen LogP) is 5.33. The van der Waals surface area contributed by atoms with Crippen LogP contribution in [0.1, 0.15) is 12.8 Å². The molecule has 6 nitrogen and oxygen atoms in total. The summed E-state index contributed by atoms with van der Waals surface area (Å²) in [6.07, 6.45) is 1.48. The summed E-state index contributed by atoms with van der Waals surface area (Å²) in [4.78, 5) is 11.4. The fourth-order valence-electron chi connectivity index (χ4n) is 4.13.